The molecule has 0 bridgehead atoms. The van der Waals surface area contributed by atoms with Crippen LogP contribution in [0.4, 0.5) is 0 Å². The molecule has 152 valence electrons. The number of carbonyl (C=O) groups is 1. The number of aromatic carboxylic acids is 1. The Labute approximate surface area is 177 Å². The third-order valence-electron chi connectivity index (χ3n) is 4.84. The van der Waals surface area contributed by atoms with Crippen molar-refractivity contribution in [3.8, 4) is 16.9 Å². The van der Waals surface area contributed by atoms with Crippen molar-refractivity contribution in [2.75, 3.05) is 6.61 Å². The molecule has 0 aliphatic heterocycles. The van der Waals surface area contributed by atoms with Crippen molar-refractivity contribution >= 4 is 27.5 Å². The quantitative estimate of drug-likeness (QED) is 0.494. The Morgan fingerprint density at radius 3 is 2.67 bits per heavy atom. The number of carboxylic acids is 1. The molecular weight excluding hydrogens is 400 g/mol. The van der Waals surface area contributed by atoms with Crippen molar-refractivity contribution in [1.29, 1.82) is 0 Å². The molecule has 0 amide bonds. The molecule has 4 rings (SSSR count). The molecule has 1 N–H and O–H groups in total. The van der Waals surface area contributed by atoms with E-state index in [2.05, 4.69) is 4.98 Å². The molecule has 0 spiro atoms. The van der Waals surface area contributed by atoms with E-state index in [0.29, 0.717) is 16.8 Å². The van der Waals surface area contributed by atoms with Crippen molar-refractivity contribution in [3.05, 3.63) is 81.2 Å². The minimum atomic E-state index is -0.996. The summed E-state index contributed by atoms with van der Waals surface area (Å²) in [5, 5.41) is 9.78. The highest BCUT2D eigenvalue weighted by Gasteiger charge is 2.17. The highest BCUT2D eigenvalue weighted by atomic mass is 32.1. The highest BCUT2D eigenvalue weighted by molar-refractivity contribution is 7.19. The fourth-order valence-corrected chi connectivity index (χ4v) is 4.48. The van der Waals surface area contributed by atoms with Crippen LogP contribution in [0.1, 0.15) is 27.7 Å². The lowest BCUT2D eigenvalue weighted by Crippen LogP contribution is -2.21. The topological polar surface area (TPSA) is 81.4 Å². The third-order valence-corrected chi connectivity index (χ3v) is 5.85. The van der Waals surface area contributed by atoms with E-state index in [1.807, 2.05) is 38.1 Å². The lowest BCUT2D eigenvalue weighted by molar-refractivity contribution is 0.0696. The van der Waals surface area contributed by atoms with E-state index >= 15 is 0 Å². The summed E-state index contributed by atoms with van der Waals surface area (Å²) in [6, 6.07) is 14.3. The normalized spacial score (nSPS) is 11.0. The Balaban J connectivity index is 1.78. The summed E-state index contributed by atoms with van der Waals surface area (Å²) in [5.74, 6) is -0.212. The lowest BCUT2D eigenvalue weighted by Gasteiger charge is -2.08. The largest absolute Gasteiger partial charge is 0.494 e. The maximum atomic E-state index is 13.3. The molecule has 0 saturated carbocycles. The lowest BCUT2D eigenvalue weighted by atomic mass is 10.0. The van der Waals surface area contributed by atoms with E-state index in [1.165, 1.54) is 28.3 Å². The van der Waals surface area contributed by atoms with Crippen LogP contribution in [0.15, 0.2) is 59.7 Å². The molecule has 6 nitrogen and oxygen atoms in total. The number of carboxylic acid groups (broad SMARTS) is 1. The second-order valence-corrected chi connectivity index (χ2v) is 8.06. The van der Waals surface area contributed by atoms with Crippen molar-refractivity contribution < 1.29 is 14.6 Å². The van der Waals surface area contributed by atoms with Gasteiger partial charge in [0.15, 0.2) is 0 Å². The fraction of sp³-hybridized carbons (Fsp3) is 0.174. The number of hydrogen-bond donors (Lipinski definition) is 1. The summed E-state index contributed by atoms with van der Waals surface area (Å²) in [7, 11) is 0. The van der Waals surface area contributed by atoms with Crippen LogP contribution < -0.4 is 10.3 Å². The Morgan fingerprint density at radius 1 is 1.20 bits per heavy atom. The first kappa shape index (κ1) is 19.8. The first-order chi connectivity index (χ1) is 14.5. The van der Waals surface area contributed by atoms with E-state index < -0.39 is 5.97 Å². The minimum Gasteiger partial charge on any atom is -0.494 e. The zero-order valence-corrected chi connectivity index (χ0v) is 17.4. The minimum absolute atomic E-state index is 0.144. The maximum Gasteiger partial charge on any atom is 0.335 e. The molecule has 0 radical (unpaired) electrons. The number of ether oxygens (including phenoxy) is 1. The summed E-state index contributed by atoms with van der Waals surface area (Å²) >= 11 is 1.49. The van der Waals surface area contributed by atoms with Crippen LogP contribution in [-0.2, 0) is 6.54 Å². The Bertz CT molecular complexity index is 1290. The SMILES string of the molecule is CCOc1ccc(-c2c(C)sc3ncn(Cc4cccc(C(=O)O)c4)c(=O)c23)cc1. The Hall–Kier alpha value is -3.45. The molecule has 0 fully saturated rings. The molecule has 2 aromatic heterocycles. The van der Waals surface area contributed by atoms with Gasteiger partial charge in [0, 0.05) is 10.4 Å². The van der Waals surface area contributed by atoms with Gasteiger partial charge in [-0.3, -0.25) is 9.36 Å². The molecular formula is C23H20N2O4S. The highest BCUT2D eigenvalue weighted by Crippen LogP contribution is 2.36. The molecule has 0 unspecified atom stereocenters. The van der Waals surface area contributed by atoms with E-state index in [-0.39, 0.29) is 17.7 Å². The number of rotatable bonds is 6. The molecule has 0 aliphatic carbocycles. The van der Waals surface area contributed by atoms with Gasteiger partial charge in [-0.2, -0.15) is 0 Å². The number of nitrogens with zero attached hydrogens (tertiary/aromatic N) is 2. The van der Waals surface area contributed by atoms with E-state index in [0.717, 1.165) is 27.3 Å². The molecule has 0 atom stereocenters. The van der Waals surface area contributed by atoms with Crippen LogP contribution >= 0.6 is 11.3 Å². The van der Waals surface area contributed by atoms with Gasteiger partial charge in [-0.1, -0.05) is 24.3 Å². The molecule has 7 heteroatoms. The average Bonchev–Trinajstić information content (AvgIpc) is 3.08. The Morgan fingerprint density at radius 2 is 1.97 bits per heavy atom. The molecule has 0 saturated heterocycles. The van der Waals surface area contributed by atoms with Crippen LogP contribution in [0.25, 0.3) is 21.3 Å². The van der Waals surface area contributed by atoms with Crippen LogP contribution in [0.2, 0.25) is 0 Å². The zero-order valence-electron chi connectivity index (χ0n) is 16.6. The molecule has 30 heavy (non-hydrogen) atoms. The first-order valence-electron chi connectivity index (χ1n) is 9.52. The van der Waals surface area contributed by atoms with Gasteiger partial charge in [0.25, 0.3) is 5.56 Å². The third kappa shape index (κ3) is 3.71. The molecule has 4 aromatic rings. The van der Waals surface area contributed by atoms with Gasteiger partial charge >= 0.3 is 5.97 Å². The Kier molecular flexibility index (Phi) is 5.37. The van der Waals surface area contributed by atoms with Crippen LogP contribution in [0.5, 0.6) is 5.75 Å². The average molecular weight is 420 g/mol. The van der Waals surface area contributed by atoms with Crippen molar-refractivity contribution in [2.24, 2.45) is 0 Å². The van der Waals surface area contributed by atoms with Crippen molar-refractivity contribution in [3.63, 3.8) is 0 Å². The van der Waals surface area contributed by atoms with Crippen LogP contribution in [-0.4, -0.2) is 27.2 Å². The first-order valence-corrected chi connectivity index (χ1v) is 10.3. The summed E-state index contributed by atoms with van der Waals surface area (Å²) < 4.78 is 7.04. The molecule has 2 aromatic carbocycles. The summed E-state index contributed by atoms with van der Waals surface area (Å²) in [6.45, 7) is 4.76. The second kappa shape index (κ2) is 8.12. The van der Waals surface area contributed by atoms with E-state index in [9.17, 15) is 14.7 Å². The van der Waals surface area contributed by atoms with Crippen molar-refractivity contribution in [1.82, 2.24) is 9.55 Å². The smallest absolute Gasteiger partial charge is 0.335 e. The summed E-state index contributed by atoms with van der Waals surface area (Å²) in [6.07, 6.45) is 1.52. The zero-order chi connectivity index (χ0) is 21.3. The summed E-state index contributed by atoms with van der Waals surface area (Å²) in [4.78, 5) is 30.7. The second-order valence-electron chi connectivity index (χ2n) is 6.85. The number of thiophene rings is 1. The van der Waals surface area contributed by atoms with Gasteiger partial charge in [0.2, 0.25) is 0 Å². The monoisotopic (exact) mass is 420 g/mol. The predicted octanol–water partition coefficient (Wildman–Crippen LogP) is 4.58. The van der Waals surface area contributed by atoms with Crippen LogP contribution in [0.3, 0.4) is 0 Å². The fourth-order valence-electron chi connectivity index (χ4n) is 3.48. The number of fused-ring (bicyclic) bond motifs is 1. The van der Waals surface area contributed by atoms with Crippen LogP contribution in [0, 0.1) is 6.92 Å². The van der Waals surface area contributed by atoms with Gasteiger partial charge in [-0.15, -0.1) is 11.3 Å². The number of aryl methyl sites for hydroxylation is 1. The molecule has 0 aliphatic rings. The van der Waals surface area contributed by atoms with Gasteiger partial charge in [0.1, 0.15) is 10.6 Å². The van der Waals surface area contributed by atoms with Gasteiger partial charge in [-0.05, 0) is 49.2 Å². The number of aromatic nitrogens is 2. The van der Waals surface area contributed by atoms with Gasteiger partial charge in [0.05, 0.1) is 30.4 Å². The number of benzene rings is 2. The van der Waals surface area contributed by atoms with E-state index in [1.54, 1.807) is 18.2 Å². The van der Waals surface area contributed by atoms with E-state index in [4.69, 9.17) is 4.74 Å². The standard InChI is InChI=1S/C23H20N2O4S/c1-3-29-18-9-7-16(8-10-18)19-14(2)30-21-20(19)22(26)25(13-24-21)12-15-5-4-6-17(11-15)23(27)28/h4-11,13H,3,12H2,1-2H3,(H,27,28). The maximum absolute atomic E-state index is 13.3. The number of hydrogen-bond acceptors (Lipinski definition) is 5. The predicted molar refractivity (Wildman–Crippen MR) is 118 cm³/mol. The molecule has 2 heterocycles. The van der Waals surface area contributed by atoms with Crippen molar-refractivity contribution in [2.45, 2.75) is 20.4 Å². The summed E-state index contributed by atoms with van der Waals surface area (Å²) in [5.41, 5.74) is 2.59. The van der Waals surface area contributed by atoms with Gasteiger partial charge in [-0.25, -0.2) is 9.78 Å². The van der Waals surface area contributed by atoms with Gasteiger partial charge < -0.3 is 9.84 Å².